The highest BCUT2D eigenvalue weighted by Gasteiger charge is 2.19. The zero-order valence-electron chi connectivity index (χ0n) is 12.1. The van der Waals surface area contributed by atoms with Gasteiger partial charge in [-0.2, -0.15) is 5.10 Å². The zero-order chi connectivity index (χ0) is 14.7. The lowest BCUT2D eigenvalue weighted by Gasteiger charge is -2.20. The Bertz CT molecular complexity index is 591. The molecular formula is C16H20N4O. The van der Waals surface area contributed by atoms with Crippen molar-refractivity contribution in [1.29, 1.82) is 0 Å². The third kappa shape index (κ3) is 3.20. The van der Waals surface area contributed by atoms with Gasteiger partial charge in [-0.05, 0) is 31.0 Å². The van der Waals surface area contributed by atoms with E-state index in [4.69, 9.17) is 5.11 Å². The highest BCUT2D eigenvalue weighted by atomic mass is 16.3. The van der Waals surface area contributed by atoms with Crippen molar-refractivity contribution in [1.82, 2.24) is 20.1 Å². The van der Waals surface area contributed by atoms with E-state index in [0.29, 0.717) is 12.0 Å². The molecule has 0 saturated heterocycles. The summed E-state index contributed by atoms with van der Waals surface area (Å²) in [6.45, 7) is 2.39. The zero-order valence-corrected chi connectivity index (χ0v) is 12.1. The fraction of sp³-hybridized carbons (Fsp3) is 0.375. The van der Waals surface area contributed by atoms with Gasteiger partial charge in [-0.3, -0.25) is 0 Å². The predicted octanol–water partition coefficient (Wildman–Crippen LogP) is 1.85. The van der Waals surface area contributed by atoms with Gasteiger partial charge < -0.3 is 10.4 Å². The first kappa shape index (κ1) is 14.0. The fourth-order valence-corrected chi connectivity index (χ4v) is 2.71. The molecule has 0 unspecified atom stereocenters. The molecule has 5 heteroatoms. The third-order valence-corrected chi connectivity index (χ3v) is 3.95. The molecule has 0 fully saturated rings. The van der Waals surface area contributed by atoms with Crippen LogP contribution < -0.4 is 5.32 Å². The summed E-state index contributed by atoms with van der Waals surface area (Å²) in [7, 11) is 0. The molecule has 21 heavy (non-hydrogen) atoms. The molecule has 3 atom stereocenters. The number of rotatable bonds is 5. The van der Waals surface area contributed by atoms with Crippen molar-refractivity contribution in [3.8, 4) is 5.69 Å². The first-order valence-corrected chi connectivity index (χ1v) is 7.26. The summed E-state index contributed by atoms with van der Waals surface area (Å²) in [5.41, 5.74) is 2.24. The molecule has 0 amide bonds. The number of nitrogens with zero attached hydrogens (tertiary/aromatic N) is 3. The number of benzene rings is 1. The maximum Gasteiger partial charge on any atom is 0.138 e. The summed E-state index contributed by atoms with van der Waals surface area (Å²) in [6, 6.07) is 8.91. The van der Waals surface area contributed by atoms with E-state index in [1.54, 1.807) is 11.0 Å². The second kappa shape index (κ2) is 6.20. The minimum Gasteiger partial charge on any atom is -0.396 e. The summed E-state index contributed by atoms with van der Waals surface area (Å²) in [4.78, 5) is 3.95. The van der Waals surface area contributed by atoms with Gasteiger partial charge in [-0.1, -0.05) is 24.3 Å². The van der Waals surface area contributed by atoms with Gasteiger partial charge in [-0.15, -0.1) is 0 Å². The molecule has 1 aromatic heterocycles. The Morgan fingerprint density at radius 2 is 2.14 bits per heavy atom. The molecule has 2 aromatic rings. The topological polar surface area (TPSA) is 63.0 Å². The Hall–Kier alpha value is -1.98. The molecule has 2 N–H and O–H groups in total. The van der Waals surface area contributed by atoms with Crippen molar-refractivity contribution in [2.45, 2.75) is 25.4 Å². The number of aliphatic hydroxyl groups excluding tert-OH is 1. The van der Waals surface area contributed by atoms with Gasteiger partial charge in [0.25, 0.3) is 0 Å². The van der Waals surface area contributed by atoms with Gasteiger partial charge in [0.05, 0.1) is 5.69 Å². The quantitative estimate of drug-likeness (QED) is 0.823. The summed E-state index contributed by atoms with van der Waals surface area (Å²) in [5.74, 6) is 0.296. The summed E-state index contributed by atoms with van der Waals surface area (Å²) in [5, 5.41) is 16.9. The van der Waals surface area contributed by atoms with Crippen LogP contribution >= 0.6 is 0 Å². The summed E-state index contributed by atoms with van der Waals surface area (Å²) >= 11 is 0. The van der Waals surface area contributed by atoms with Crippen LogP contribution in [0.1, 0.15) is 24.9 Å². The maximum absolute atomic E-state index is 9.16. The number of hydrogen-bond acceptors (Lipinski definition) is 4. The molecule has 0 saturated carbocycles. The van der Waals surface area contributed by atoms with E-state index < -0.39 is 0 Å². The van der Waals surface area contributed by atoms with Gasteiger partial charge >= 0.3 is 0 Å². The van der Waals surface area contributed by atoms with E-state index >= 15 is 0 Å². The Labute approximate surface area is 124 Å². The first-order chi connectivity index (χ1) is 10.3. The standard InChI is InChI=1S/C16H20N4O/c1-12(19-15-5-2-13(8-15)9-21)14-3-6-16(7-4-14)20-11-17-10-18-20/h2-7,10-13,15,19,21H,8-9H2,1H3/t12-,13-,15+/m0/s1. The molecule has 1 heterocycles. The molecule has 0 aliphatic heterocycles. The molecule has 1 aromatic carbocycles. The number of nitrogens with one attached hydrogen (secondary N) is 1. The second-order valence-corrected chi connectivity index (χ2v) is 5.49. The molecule has 5 nitrogen and oxygen atoms in total. The minimum absolute atomic E-state index is 0.232. The van der Waals surface area contributed by atoms with E-state index in [-0.39, 0.29) is 12.6 Å². The van der Waals surface area contributed by atoms with Crippen molar-refractivity contribution < 1.29 is 5.11 Å². The van der Waals surface area contributed by atoms with Crippen LogP contribution in [0.2, 0.25) is 0 Å². The number of aliphatic hydroxyl groups is 1. The molecule has 110 valence electrons. The lowest BCUT2D eigenvalue weighted by Crippen LogP contribution is -2.29. The normalized spacial score (nSPS) is 22.6. The number of aromatic nitrogens is 3. The monoisotopic (exact) mass is 284 g/mol. The van der Waals surface area contributed by atoms with Crippen LogP contribution in [-0.4, -0.2) is 32.5 Å². The summed E-state index contributed by atoms with van der Waals surface area (Å²) < 4.78 is 1.74. The average Bonchev–Trinajstić information content (AvgIpc) is 3.19. The van der Waals surface area contributed by atoms with Crippen molar-refractivity contribution >= 4 is 0 Å². The molecular weight excluding hydrogens is 264 g/mol. The SMILES string of the molecule is C[C@H](N[C@@H]1C=C[C@H](CO)C1)c1ccc(-n2cncn2)cc1. The molecule has 3 rings (SSSR count). The van der Waals surface area contributed by atoms with Crippen LogP contribution in [0.15, 0.2) is 49.1 Å². The van der Waals surface area contributed by atoms with Gasteiger partial charge in [0, 0.05) is 24.6 Å². The van der Waals surface area contributed by atoms with E-state index in [1.165, 1.54) is 11.9 Å². The fourth-order valence-electron chi connectivity index (χ4n) is 2.71. The van der Waals surface area contributed by atoms with Crippen molar-refractivity contribution in [3.63, 3.8) is 0 Å². The average molecular weight is 284 g/mol. The molecule has 1 aliphatic carbocycles. The smallest absolute Gasteiger partial charge is 0.138 e. The van der Waals surface area contributed by atoms with Gasteiger partial charge in [0.2, 0.25) is 0 Å². The van der Waals surface area contributed by atoms with E-state index in [9.17, 15) is 0 Å². The molecule has 0 bridgehead atoms. The van der Waals surface area contributed by atoms with Gasteiger partial charge in [0.15, 0.2) is 0 Å². The van der Waals surface area contributed by atoms with Crippen LogP contribution in [0.3, 0.4) is 0 Å². The van der Waals surface area contributed by atoms with E-state index in [2.05, 4.69) is 46.6 Å². The Kier molecular flexibility index (Phi) is 4.13. The van der Waals surface area contributed by atoms with Crippen LogP contribution in [0.4, 0.5) is 0 Å². The third-order valence-electron chi connectivity index (χ3n) is 3.95. The lowest BCUT2D eigenvalue weighted by molar-refractivity contribution is 0.245. The Morgan fingerprint density at radius 1 is 1.33 bits per heavy atom. The van der Waals surface area contributed by atoms with E-state index in [1.807, 2.05) is 12.1 Å². The minimum atomic E-state index is 0.232. The van der Waals surface area contributed by atoms with Crippen LogP contribution in [0, 0.1) is 5.92 Å². The van der Waals surface area contributed by atoms with Gasteiger partial charge in [0.1, 0.15) is 12.7 Å². The largest absolute Gasteiger partial charge is 0.396 e. The first-order valence-electron chi connectivity index (χ1n) is 7.26. The highest BCUT2D eigenvalue weighted by molar-refractivity contribution is 5.34. The molecule has 0 radical (unpaired) electrons. The maximum atomic E-state index is 9.16. The lowest BCUT2D eigenvalue weighted by atomic mass is 10.1. The number of hydrogen-bond donors (Lipinski definition) is 2. The molecule has 1 aliphatic rings. The van der Waals surface area contributed by atoms with E-state index in [0.717, 1.165) is 12.1 Å². The van der Waals surface area contributed by atoms with Crippen LogP contribution in [-0.2, 0) is 0 Å². The van der Waals surface area contributed by atoms with Crippen LogP contribution in [0.5, 0.6) is 0 Å². The molecule has 0 spiro atoms. The van der Waals surface area contributed by atoms with Gasteiger partial charge in [-0.25, -0.2) is 9.67 Å². The Balaban J connectivity index is 1.63. The predicted molar refractivity (Wildman–Crippen MR) is 81.0 cm³/mol. The van der Waals surface area contributed by atoms with Crippen molar-refractivity contribution in [3.05, 3.63) is 54.6 Å². The van der Waals surface area contributed by atoms with Crippen molar-refractivity contribution in [2.24, 2.45) is 5.92 Å². The van der Waals surface area contributed by atoms with Crippen molar-refractivity contribution in [2.75, 3.05) is 6.61 Å². The highest BCUT2D eigenvalue weighted by Crippen LogP contribution is 2.21. The summed E-state index contributed by atoms with van der Waals surface area (Å²) in [6.07, 6.45) is 8.44. The Morgan fingerprint density at radius 3 is 2.76 bits per heavy atom. The second-order valence-electron chi connectivity index (χ2n) is 5.49. The van der Waals surface area contributed by atoms with Crippen LogP contribution in [0.25, 0.3) is 5.69 Å².